The van der Waals surface area contributed by atoms with Crippen LogP contribution in [0.3, 0.4) is 0 Å². The van der Waals surface area contributed by atoms with E-state index < -0.39 is 11.9 Å². The summed E-state index contributed by atoms with van der Waals surface area (Å²) in [7, 11) is 0.611. The summed E-state index contributed by atoms with van der Waals surface area (Å²) < 4.78 is 13.8. The molecule has 5 heteroatoms. The van der Waals surface area contributed by atoms with Crippen molar-refractivity contribution in [2.75, 3.05) is 6.61 Å². The molecule has 0 bridgehead atoms. The van der Waals surface area contributed by atoms with Crippen LogP contribution in [-0.2, 0) is 19.5 Å². The molecule has 2 rings (SSSR count). The average Bonchev–Trinajstić information content (AvgIpc) is 2.72. The van der Waals surface area contributed by atoms with Gasteiger partial charge in [0.05, 0.1) is 15.7 Å². The number of carbonyl (C=O) groups excluding carboxylic acids is 2. The van der Waals surface area contributed by atoms with Gasteiger partial charge in [0.25, 0.3) is 0 Å². The summed E-state index contributed by atoms with van der Waals surface area (Å²) >= 11 is 0. The number of benzene rings is 2. The molecule has 31 heavy (non-hydrogen) atoms. The lowest BCUT2D eigenvalue weighted by atomic mass is 9.81. The van der Waals surface area contributed by atoms with Crippen molar-refractivity contribution in [1.29, 1.82) is 0 Å². The van der Waals surface area contributed by atoms with Crippen LogP contribution in [-0.4, -0.2) is 18.4 Å². The average molecular weight is 445 g/mol. The largest absolute Gasteiger partial charge is 0.465 e. The van der Waals surface area contributed by atoms with Crippen LogP contribution in [0.5, 0.6) is 0 Å². The second-order valence-corrected chi connectivity index (χ2v) is 8.82. The molecule has 0 saturated heterocycles. The number of hydrogen-bond donors (Lipinski definition) is 0. The van der Waals surface area contributed by atoms with Crippen molar-refractivity contribution >= 4 is 20.9 Å². The van der Waals surface area contributed by atoms with Crippen LogP contribution in [0.2, 0.25) is 0 Å². The van der Waals surface area contributed by atoms with Crippen molar-refractivity contribution in [3.05, 3.63) is 70.3 Å². The number of aryl methyl sites for hydroxylation is 2. The maximum Gasteiger partial charge on any atom is 0.321 e. The molecule has 0 fully saturated rings. The van der Waals surface area contributed by atoms with Gasteiger partial charge in [-0.1, -0.05) is 83.0 Å². The SMILES string of the molecule is CCCCCOC(=O)C(C(=O)c1c(C)cc(C(C)(C)C)cc1C)c1ccccc1.O=[PH3]. The van der Waals surface area contributed by atoms with E-state index in [4.69, 9.17) is 9.30 Å². The maximum absolute atomic E-state index is 13.6. The predicted molar refractivity (Wildman–Crippen MR) is 130 cm³/mol. The molecule has 0 heterocycles. The number of esters is 1. The van der Waals surface area contributed by atoms with Gasteiger partial charge in [-0.2, -0.15) is 0 Å². The lowest BCUT2D eigenvalue weighted by Crippen LogP contribution is -2.26. The molecular formula is C26H37O4P. The molecule has 2 aromatic carbocycles. The van der Waals surface area contributed by atoms with Crippen LogP contribution < -0.4 is 0 Å². The fourth-order valence-electron chi connectivity index (χ4n) is 3.58. The van der Waals surface area contributed by atoms with Crippen molar-refractivity contribution < 1.29 is 18.9 Å². The Hall–Kier alpha value is -2.19. The minimum absolute atomic E-state index is 0.00582. The van der Waals surface area contributed by atoms with Gasteiger partial charge in [-0.25, -0.2) is 0 Å². The lowest BCUT2D eigenvalue weighted by molar-refractivity contribution is -0.144. The van der Waals surface area contributed by atoms with Crippen LogP contribution in [0, 0.1) is 13.8 Å². The highest BCUT2D eigenvalue weighted by molar-refractivity contribution is 7.00. The van der Waals surface area contributed by atoms with Crippen molar-refractivity contribution in [3.63, 3.8) is 0 Å². The van der Waals surface area contributed by atoms with Gasteiger partial charge in [-0.05, 0) is 47.9 Å². The molecule has 0 saturated carbocycles. The van der Waals surface area contributed by atoms with Crippen molar-refractivity contribution in [1.82, 2.24) is 0 Å². The first-order chi connectivity index (χ1) is 14.7. The molecule has 0 amide bonds. The predicted octanol–water partition coefficient (Wildman–Crippen LogP) is 6.24. The first-order valence-corrected chi connectivity index (χ1v) is 11.4. The Kier molecular flexibility index (Phi) is 10.9. The second-order valence-electron chi connectivity index (χ2n) is 8.82. The Morgan fingerprint density at radius 3 is 2.00 bits per heavy atom. The Morgan fingerprint density at radius 1 is 0.968 bits per heavy atom. The normalized spacial score (nSPS) is 11.9. The number of carbonyl (C=O) groups is 2. The molecule has 0 aliphatic heterocycles. The van der Waals surface area contributed by atoms with Gasteiger partial charge >= 0.3 is 5.97 Å². The van der Waals surface area contributed by atoms with Crippen molar-refractivity contribution in [2.45, 2.75) is 72.1 Å². The van der Waals surface area contributed by atoms with Crippen LogP contribution in [0.15, 0.2) is 42.5 Å². The molecule has 2 unspecified atom stereocenters. The van der Waals surface area contributed by atoms with Gasteiger partial charge < -0.3 is 9.30 Å². The van der Waals surface area contributed by atoms with E-state index in [9.17, 15) is 9.59 Å². The molecule has 0 radical (unpaired) electrons. The molecule has 0 aromatic heterocycles. The van der Waals surface area contributed by atoms with E-state index in [1.54, 1.807) is 0 Å². The van der Waals surface area contributed by atoms with Crippen molar-refractivity contribution in [2.24, 2.45) is 0 Å². The molecule has 0 aliphatic rings. The lowest BCUT2D eigenvalue weighted by Gasteiger charge is -2.23. The first-order valence-electron chi connectivity index (χ1n) is 10.8. The molecule has 2 atom stereocenters. The third-order valence-electron chi connectivity index (χ3n) is 5.27. The third-order valence-corrected chi connectivity index (χ3v) is 5.27. The summed E-state index contributed by atoms with van der Waals surface area (Å²) in [6.45, 7) is 12.8. The van der Waals surface area contributed by atoms with Gasteiger partial charge in [0.1, 0.15) is 5.92 Å². The number of rotatable bonds is 8. The van der Waals surface area contributed by atoms with E-state index >= 15 is 0 Å². The highest BCUT2D eigenvalue weighted by atomic mass is 31.0. The Bertz CT molecular complexity index is 846. The molecule has 4 nitrogen and oxygen atoms in total. The second kappa shape index (κ2) is 12.6. The zero-order valence-electron chi connectivity index (χ0n) is 19.8. The van der Waals surface area contributed by atoms with Crippen LogP contribution in [0.1, 0.15) is 85.5 Å². The fourth-order valence-corrected chi connectivity index (χ4v) is 3.58. The summed E-state index contributed by atoms with van der Waals surface area (Å²) in [6.07, 6.45) is 2.87. The number of Topliss-reactive ketones (excluding diaryl/α,β-unsaturated/α-hetero) is 1. The Morgan fingerprint density at radius 2 is 1.52 bits per heavy atom. The van der Waals surface area contributed by atoms with E-state index in [-0.39, 0.29) is 11.2 Å². The topological polar surface area (TPSA) is 60.4 Å². The van der Waals surface area contributed by atoms with E-state index in [0.29, 0.717) is 26.9 Å². The quantitative estimate of drug-likeness (QED) is 0.159. The smallest absolute Gasteiger partial charge is 0.321 e. The van der Waals surface area contributed by atoms with E-state index in [1.807, 2.05) is 44.2 Å². The fraction of sp³-hybridized carbons (Fsp3) is 0.462. The molecule has 2 aromatic rings. The molecular weight excluding hydrogens is 407 g/mol. The summed E-state index contributed by atoms with van der Waals surface area (Å²) in [4.78, 5) is 26.5. The van der Waals surface area contributed by atoms with E-state index in [2.05, 4.69) is 39.8 Å². The number of ether oxygens (including phenoxy) is 1. The highest BCUT2D eigenvalue weighted by Gasteiger charge is 2.33. The summed E-state index contributed by atoms with van der Waals surface area (Å²) in [6, 6.07) is 13.4. The van der Waals surface area contributed by atoms with E-state index in [0.717, 1.165) is 30.4 Å². The van der Waals surface area contributed by atoms with Crippen LogP contribution in [0.4, 0.5) is 0 Å². The standard InChI is InChI=1S/C26H34O3.H3OP/c1-7-8-12-15-29-25(28)23(20-13-10-9-11-14-20)24(27)22-18(2)16-21(17-19(22)3)26(4,5)6;1-2/h9-11,13-14,16-17,23H,7-8,12,15H2,1-6H3;2H3. The van der Waals surface area contributed by atoms with Gasteiger partial charge in [-0.15, -0.1) is 0 Å². The number of ketones is 1. The third kappa shape index (κ3) is 7.47. The zero-order valence-corrected chi connectivity index (χ0v) is 21.2. The summed E-state index contributed by atoms with van der Waals surface area (Å²) in [5.74, 6) is -1.58. The molecule has 0 N–H and O–H groups in total. The zero-order chi connectivity index (χ0) is 23.6. The van der Waals surface area contributed by atoms with Gasteiger partial charge in [0.15, 0.2) is 5.78 Å². The minimum atomic E-state index is -0.935. The highest BCUT2D eigenvalue weighted by Crippen LogP contribution is 2.31. The van der Waals surface area contributed by atoms with E-state index in [1.165, 1.54) is 5.56 Å². The van der Waals surface area contributed by atoms with Gasteiger partial charge in [-0.3, -0.25) is 9.59 Å². The molecule has 0 aliphatic carbocycles. The van der Waals surface area contributed by atoms with Gasteiger partial charge in [0, 0.05) is 5.56 Å². The van der Waals surface area contributed by atoms with Crippen LogP contribution >= 0.6 is 9.12 Å². The maximum atomic E-state index is 13.6. The first kappa shape index (κ1) is 26.8. The Balaban J connectivity index is 0.00000233. The van der Waals surface area contributed by atoms with Gasteiger partial charge in [0.2, 0.25) is 0 Å². The van der Waals surface area contributed by atoms with Crippen molar-refractivity contribution in [3.8, 4) is 0 Å². The summed E-state index contributed by atoms with van der Waals surface area (Å²) in [5, 5.41) is 0. The summed E-state index contributed by atoms with van der Waals surface area (Å²) in [5.41, 5.74) is 4.28. The number of unbranched alkanes of at least 4 members (excludes halogenated alkanes) is 2. The molecule has 0 spiro atoms. The van der Waals surface area contributed by atoms with Crippen LogP contribution in [0.25, 0.3) is 0 Å². The minimum Gasteiger partial charge on any atom is -0.465 e. The monoisotopic (exact) mass is 444 g/mol. The number of hydrogen-bond acceptors (Lipinski definition) is 4. The molecule has 170 valence electrons. The Labute approximate surface area is 189 Å².